The summed E-state index contributed by atoms with van der Waals surface area (Å²) >= 11 is 0. The molecule has 0 spiro atoms. The highest BCUT2D eigenvalue weighted by atomic mass is 31.2. The van der Waals surface area contributed by atoms with Crippen LogP contribution in [0, 0.1) is 17.8 Å². The molecule has 96 heavy (non-hydrogen) atoms. The van der Waals surface area contributed by atoms with E-state index in [2.05, 4.69) is 48.5 Å². The van der Waals surface area contributed by atoms with Crippen LogP contribution in [0.5, 0.6) is 0 Å². The number of phosphoric acid groups is 2. The van der Waals surface area contributed by atoms with Gasteiger partial charge in [0.25, 0.3) is 0 Å². The summed E-state index contributed by atoms with van der Waals surface area (Å²) < 4.78 is 68.5. The Labute approximate surface area is 588 Å². The van der Waals surface area contributed by atoms with Gasteiger partial charge in [-0.2, -0.15) is 0 Å². The molecule has 0 aliphatic heterocycles. The van der Waals surface area contributed by atoms with Crippen LogP contribution >= 0.6 is 15.6 Å². The highest BCUT2D eigenvalue weighted by molar-refractivity contribution is 7.47. The number of ether oxygens (including phenoxy) is 4. The van der Waals surface area contributed by atoms with E-state index in [-0.39, 0.29) is 25.7 Å². The van der Waals surface area contributed by atoms with Crippen LogP contribution in [0.1, 0.15) is 395 Å². The average molecular weight is 1410 g/mol. The van der Waals surface area contributed by atoms with Crippen LogP contribution in [-0.4, -0.2) is 96.7 Å². The van der Waals surface area contributed by atoms with Crippen LogP contribution < -0.4 is 0 Å². The zero-order valence-corrected chi connectivity index (χ0v) is 64.6. The summed E-state index contributed by atoms with van der Waals surface area (Å²) in [5.74, 6) is 0.192. The van der Waals surface area contributed by atoms with E-state index in [1.807, 2.05) is 0 Å². The number of rotatable bonds is 75. The Bertz CT molecular complexity index is 1870. The molecule has 0 bridgehead atoms. The molecule has 0 aliphatic carbocycles. The first-order valence-electron chi connectivity index (χ1n) is 39.8. The molecule has 0 aliphatic rings. The van der Waals surface area contributed by atoms with E-state index in [1.54, 1.807) is 0 Å². The van der Waals surface area contributed by atoms with Gasteiger partial charge < -0.3 is 33.8 Å². The zero-order valence-electron chi connectivity index (χ0n) is 62.8. The van der Waals surface area contributed by atoms with Crippen molar-refractivity contribution >= 4 is 39.5 Å². The maximum atomic E-state index is 13.1. The van der Waals surface area contributed by atoms with Crippen LogP contribution in [0.25, 0.3) is 0 Å². The van der Waals surface area contributed by atoms with Crippen LogP contribution in [0.15, 0.2) is 0 Å². The van der Waals surface area contributed by atoms with Gasteiger partial charge in [-0.1, -0.05) is 344 Å². The zero-order chi connectivity index (χ0) is 70.9. The molecule has 0 amide bonds. The molecule has 0 aromatic rings. The van der Waals surface area contributed by atoms with E-state index in [9.17, 15) is 43.2 Å². The number of aliphatic hydroxyl groups excluding tert-OH is 1. The highest BCUT2D eigenvalue weighted by Gasteiger charge is 2.30. The van der Waals surface area contributed by atoms with E-state index in [0.29, 0.717) is 25.7 Å². The Morgan fingerprint density at radius 2 is 0.479 bits per heavy atom. The van der Waals surface area contributed by atoms with Crippen molar-refractivity contribution in [2.45, 2.75) is 414 Å². The number of hydrogen-bond donors (Lipinski definition) is 3. The monoisotopic (exact) mass is 1410 g/mol. The third kappa shape index (κ3) is 70.5. The van der Waals surface area contributed by atoms with Gasteiger partial charge in [0, 0.05) is 25.7 Å². The van der Waals surface area contributed by atoms with E-state index in [1.165, 1.54) is 205 Å². The van der Waals surface area contributed by atoms with Gasteiger partial charge >= 0.3 is 39.5 Å². The number of hydrogen-bond acceptors (Lipinski definition) is 15. The Morgan fingerprint density at radius 1 is 0.281 bits per heavy atom. The normalized spacial score (nSPS) is 14.1. The molecular formula is C77H150O17P2. The fourth-order valence-electron chi connectivity index (χ4n) is 11.8. The minimum atomic E-state index is -4.96. The summed E-state index contributed by atoms with van der Waals surface area (Å²) in [5.41, 5.74) is 0. The molecule has 0 heterocycles. The lowest BCUT2D eigenvalue weighted by molar-refractivity contribution is -0.161. The van der Waals surface area contributed by atoms with E-state index in [4.69, 9.17) is 37.0 Å². The van der Waals surface area contributed by atoms with Gasteiger partial charge in [0.15, 0.2) is 12.2 Å². The van der Waals surface area contributed by atoms with Crippen LogP contribution in [0.3, 0.4) is 0 Å². The van der Waals surface area contributed by atoms with Crippen molar-refractivity contribution < 1.29 is 80.2 Å². The number of aliphatic hydroxyl groups is 1. The van der Waals surface area contributed by atoms with Crippen molar-refractivity contribution in [1.29, 1.82) is 0 Å². The topological polar surface area (TPSA) is 237 Å². The molecule has 570 valence electrons. The van der Waals surface area contributed by atoms with Gasteiger partial charge in [-0.15, -0.1) is 0 Å². The number of phosphoric ester groups is 2. The summed E-state index contributed by atoms with van der Waals surface area (Å²) in [6.07, 6.45) is 54.1. The van der Waals surface area contributed by atoms with Gasteiger partial charge in [0.1, 0.15) is 19.3 Å². The second-order valence-corrected chi connectivity index (χ2v) is 32.1. The van der Waals surface area contributed by atoms with E-state index >= 15 is 0 Å². The van der Waals surface area contributed by atoms with Gasteiger partial charge in [-0.3, -0.25) is 37.3 Å². The Balaban J connectivity index is 5.23. The standard InChI is InChI=1S/C77H150O17P2/c1-8-9-10-11-12-13-22-29-37-44-51-58-74(79)87-65-73(94-77(82)61-54-47-40-33-32-36-43-50-57-70(6)7)67-92-96(85,86)90-63-71(78)62-89-95(83,84)91-66-72(64-88-75(80)59-52-45-38-30-25-21-20-24-28-35-42-49-56-69(4)5)93-76(81)60-53-46-39-31-26-19-17-15-14-16-18-23-27-34-41-48-55-68(2)3/h68-73,78H,8-67H2,1-7H3,(H,83,84)(H,85,86)/t71-,72-,73-/m1/s1. The van der Waals surface area contributed by atoms with Crippen molar-refractivity contribution in [2.24, 2.45) is 17.8 Å². The fourth-order valence-corrected chi connectivity index (χ4v) is 13.4. The molecule has 3 N–H and O–H groups in total. The molecule has 0 radical (unpaired) electrons. The summed E-state index contributed by atoms with van der Waals surface area (Å²) in [5, 5.41) is 10.6. The van der Waals surface area contributed by atoms with E-state index < -0.39 is 97.5 Å². The first-order valence-corrected chi connectivity index (χ1v) is 42.8. The lowest BCUT2D eigenvalue weighted by atomic mass is 10.0. The first kappa shape index (κ1) is 94.1. The first-order chi connectivity index (χ1) is 46.2. The molecule has 0 fully saturated rings. The maximum absolute atomic E-state index is 13.1. The number of unbranched alkanes of at least 4 members (excludes halogenated alkanes) is 43. The SMILES string of the molecule is CCCCCCCCCCCCCC(=O)OC[C@H](COP(=O)(O)OC[C@H](O)COP(=O)(O)OC[C@@H](COC(=O)CCCCCCCCCCCCCCC(C)C)OC(=O)CCCCCCCCCCCCCCCCCCC(C)C)OC(=O)CCCCCCCCCCC(C)C. The van der Waals surface area contributed by atoms with Gasteiger partial charge in [0.2, 0.25) is 0 Å². The number of esters is 4. The highest BCUT2D eigenvalue weighted by Crippen LogP contribution is 2.45. The smallest absolute Gasteiger partial charge is 0.462 e. The van der Waals surface area contributed by atoms with Gasteiger partial charge in [-0.25, -0.2) is 9.13 Å². The molecule has 17 nitrogen and oxygen atoms in total. The fraction of sp³-hybridized carbons (Fsp3) is 0.948. The number of carbonyl (C=O) groups is 4. The molecule has 2 unspecified atom stereocenters. The summed E-state index contributed by atoms with van der Waals surface area (Å²) in [7, 11) is -9.91. The lowest BCUT2D eigenvalue weighted by Gasteiger charge is -2.21. The van der Waals surface area contributed by atoms with Crippen molar-refractivity contribution in [3.05, 3.63) is 0 Å². The minimum absolute atomic E-state index is 0.105. The van der Waals surface area contributed by atoms with E-state index in [0.717, 1.165) is 108 Å². The second-order valence-electron chi connectivity index (χ2n) is 29.2. The predicted molar refractivity (Wildman–Crippen MR) is 391 cm³/mol. The largest absolute Gasteiger partial charge is 0.472 e. The third-order valence-corrected chi connectivity index (χ3v) is 19.8. The van der Waals surface area contributed by atoms with Crippen molar-refractivity contribution in [3.63, 3.8) is 0 Å². The number of carbonyl (C=O) groups excluding carboxylic acids is 4. The second kappa shape index (κ2) is 67.5. The summed E-state index contributed by atoms with van der Waals surface area (Å²) in [6.45, 7) is 11.9. The molecule has 5 atom stereocenters. The molecule has 0 saturated carbocycles. The van der Waals surface area contributed by atoms with Crippen LogP contribution in [0.2, 0.25) is 0 Å². The molecule has 19 heteroatoms. The van der Waals surface area contributed by atoms with Crippen LogP contribution in [0.4, 0.5) is 0 Å². The molecule has 0 aromatic heterocycles. The van der Waals surface area contributed by atoms with Gasteiger partial charge in [0.05, 0.1) is 26.4 Å². The Hall–Kier alpha value is -1.94. The molecule has 0 aromatic carbocycles. The molecular weight excluding hydrogens is 1260 g/mol. The molecule has 0 rings (SSSR count). The van der Waals surface area contributed by atoms with Crippen LogP contribution in [-0.2, 0) is 65.4 Å². The minimum Gasteiger partial charge on any atom is -0.462 e. The lowest BCUT2D eigenvalue weighted by Crippen LogP contribution is -2.30. The Morgan fingerprint density at radius 3 is 0.708 bits per heavy atom. The van der Waals surface area contributed by atoms with Crippen molar-refractivity contribution in [1.82, 2.24) is 0 Å². The molecule has 0 saturated heterocycles. The Kier molecular flexibility index (Phi) is 66.2. The average Bonchev–Trinajstić information content (AvgIpc) is 1.15. The quantitative estimate of drug-likeness (QED) is 0.0222. The summed E-state index contributed by atoms with van der Waals surface area (Å²) in [6, 6.07) is 0. The van der Waals surface area contributed by atoms with Crippen molar-refractivity contribution in [2.75, 3.05) is 39.6 Å². The van der Waals surface area contributed by atoms with Gasteiger partial charge in [-0.05, 0) is 43.4 Å². The third-order valence-electron chi connectivity index (χ3n) is 17.9. The maximum Gasteiger partial charge on any atom is 0.472 e. The predicted octanol–water partition coefficient (Wildman–Crippen LogP) is 22.6. The van der Waals surface area contributed by atoms with Crippen molar-refractivity contribution in [3.8, 4) is 0 Å². The summed E-state index contributed by atoms with van der Waals surface area (Å²) in [4.78, 5) is 72.8.